The number of pyridine rings is 1. The lowest BCUT2D eigenvalue weighted by Gasteiger charge is -2.08. The molecule has 0 aliphatic heterocycles. The second kappa shape index (κ2) is 8.91. The maximum Gasteiger partial charge on any atom is 0.417 e. The van der Waals surface area contributed by atoms with Gasteiger partial charge in [0.05, 0.1) is 17.7 Å². The van der Waals surface area contributed by atoms with Crippen molar-refractivity contribution in [2.75, 3.05) is 7.05 Å². The van der Waals surface area contributed by atoms with Crippen molar-refractivity contribution in [3.8, 4) is 5.82 Å². The molecule has 1 N–H and O–H groups in total. The first-order valence-corrected chi connectivity index (χ1v) is 8.76. The van der Waals surface area contributed by atoms with Gasteiger partial charge in [-0.2, -0.15) is 23.3 Å². The van der Waals surface area contributed by atoms with Crippen molar-refractivity contribution in [3.05, 3.63) is 52.6 Å². The van der Waals surface area contributed by atoms with Gasteiger partial charge in [-0.25, -0.2) is 9.67 Å². The molecule has 0 amide bonds. The Hall–Kier alpha value is -2.46. The lowest BCUT2D eigenvalue weighted by molar-refractivity contribution is -0.137. The number of hydrogen-bond donors (Lipinski definition) is 1. The molecule has 29 heavy (non-hydrogen) atoms. The maximum absolute atomic E-state index is 12.7. The van der Waals surface area contributed by atoms with Gasteiger partial charge in [-0.1, -0.05) is 5.16 Å². The van der Waals surface area contributed by atoms with E-state index < -0.39 is 11.7 Å². The van der Waals surface area contributed by atoms with Gasteiger partial charge < -0.3 is 9.84 Å². The topological polar surface area (TPSA) is 81.7 Å². The summed E-state index contributed by atoms with van der Waals surface area (Å²) in [6.45, 7) is 5.67. The number of hydrogen-bond acceptors (Lipinski definition) is 6. The molecule has 11 heteroatoms. The Bertz CT molecular complexity index is 952. The van der Waals surface area contributed by atoms with E-state index in [1.807, 2.05) is 27.8 Å². The van der Waals surface area contributed by atoms with Crippen molar-refractivity contribution < 1.29 is 17.7 Å². The van der Waals surface area contributed by atoms with Crippen LogP contribution in [0.1, 0.15) is 41.2 Å². The largest absolute Gasteiger partial charge is 0.417 e. The van der Waals surface area contributed by atoms with E-state index in [0.29, 0.717) is 30.4 Å². The molecule has 158 valence electrons. The quantitative estimate of drug-likeness (QED) is 0.645. The second-order valence-electron chi connectivity index (χ2n) is 6.64. The smallest absolute Gasteiger partial charge is 0.339 e. The molecule has 0 saturated heterocycles. The van der Waals surface area contributed by atoms with Gasteiger partial charge in [0, 0.05) is 29.9 Å². The third kappa shape index (κ3) is 5.13. The maximum atomic E-state index is 12.7. The van der Waals surface area contributed by atoms with E-state index in [1.54, 1.807) is 0 Å². The molecule has 0 fully saturated rings. The monoisotopic (exact) mass is 430 g/mol. The third-order valence-electron chi connectivity index (χ3n) is 4.55. The lowest BCUT2D eigenvalue weighted by atomic mass is 10.1. The molecule has 0 aromatic carbocycles. The zero-order chi connectivity index (χ0) is 20.5. The van der Waals surface area contributed by atoms with Gasteiger partial charge in [0.2, 0.25) is 5.89 Å². The summed E-state index contributed by atoms with van der Waals surface area (Å²) in [5.74, 6) is 1.39. The van der Waals surface area contributed by atoms with Crippen molar-refractivity contribution in [1.82, 2.24) is 30.2 Å². The van der Waals surface area contributed by atoms with Gasteiger partial charge in [0.25, 0.3) is 0 Å². The number of nitrogens with zero attached hydrogens (tertiary/aromatic N) is 5. The van der Waals surface area contributed by atoms with Gasteiger partial charge in [-0.3, -0.25) is 0 Å². The van der Waals surface area contributed by atoms with Crippen LogP contribution in [0.5, 0.6) is 0 Å². The summed E-state index contributed by atoms with van der Waals surface area (Å²) < 4.78 is 45.0. The molecule has 0 spiro atoms. The van der Waals surface area contributed by atoms with Crippen LogP contribution < -0.4 is 5.32 Å². The third-order valence-corrected chi connectivity index (χ3v) is 4.55. The van der Waals surface area contributed by atoms with E-state index >= 15 is 0 Å². The normalized spacial score (nSPS) is 12.7. The van der Waals surface area contributed by atoms with E-state index in [9.17, 15) is 13.2 Å². The number of rotatable bonds is 6. The molecule has 0 aliphatic rings. The van der Waals surface area contributed by atoms with Crippen LogP contribution in [0, 0.1) is 13.8 Å². The molecule has 1 atom stereocenters. The van der Waals surface area contributed by atoms with Crippen LogP contribution in [-0.4, -0.2) is 38.0 Å². The first-order valence-electron chi connectivity index (χ1n) is 8.76. The summed E-state index contributed by atoms with van der Waals surface area (Å²) in [5.41, 5.74) is 1.56. The fourth-order valence-corrected chi connectivity index (χ4v) is 2.80. The molecule has 3 heterocycles. The molecule has 0 aliphatic carbocycles. The van der Waals surface area contributed by atoms with Crippen molar-refractivity contribution in [1.29, 1.82) is 0 Å². The van der Waals surface area contributed by atoms with Gasteiger partial charge in [0.1, 0.15) is 0 Å². The van der Waals surface area contributed by atoms with Crippen molar-refractivity contribution in [3.63, 3.8) is 0 Å². The standard InChI is InChI=1S/C18H21F3N6O.ClH/c1-10(22-4)7-15-24-17(28-26-15)8-14-11(2)25-27(12(14)3)16-6-5-13(9-23-16)18(19,20)21;/h5-6,9-10,22H,7-8H2,1-4H3;1H. The highest BCUT2D eigenvalue weighted by Gasteiger charge is 2.31. The fourth-order valence-electron chi connectivity index (χ4n) is 2.80. The molecular formula is C18H22ClF3N6O. The number of nitrogens with one attached hydrogen (secondary N) is 1. The summed E-state index contributed by atoms with van der Waals surface area (Å²) in [5, 5.41) is 11.5. The van der Waals surface area contributed by atoms with Crippen LogP contribution in [0.25, 0.3) is 5.82 Å². The molecule has 7 nitrogen and oxygen atoms in total. The number of aromatic nitrogens is 5. The minimum Gasteiger partial charge on any atom is -0.339 e. The number of alkyl halides is 3. The van der Waals surface area contributed by atoms with Gasteiger partial charge in [0.15, 0.2) is 11.6 Å². The van der Waals surface area contributed by atoms with Gasteiger partial charge in [-0.15, -0.1) is 12.4 Å². The molecule has 3 aromatic heterocycles. The van der Waals surface area contributed by atoms with Gasteiger partial charge in [-0.05, 0) is 40.0 Å². The van der Waals surface area contributed by atoms with Crippen LogP contribution >= 0.6 is 12.4 Å². The highest BCUT2D eigenvalue weighted by atomic mass is 35.5. The average molecular weight is 431 g/mol. The Morgan fingerprint density at radius 3 is 2.55 bits per heavy atom. The summed E-state index contributed by atoms with van der Waals surface area (Å²) in [6.07, 6.45) is -2.59. The van der Waals surface area contributed by atoms with Crippen molar-refractivity contribution >= 4 is 12.4 Å². The van der Waals surface area contributed by atoms with E-state index in [0.717, 1.165) is 29.2 Å². The summed E-state index contributed by atoms with van der Waals surface area (Å²) in [7, 11) is 1.86. The molecule has 0 saturated carbocycles. The Morgan fingerprint density at radius 2 is 1.97 bits per heavy atom. The van der Waals surface area contributed by atoms with Crippen LogP contribution in [-0.2, 0) is 19.0 Å². The zero-order valence-electron chi connectivity index (χ0n) is 16.4. The second-order valence-corrected chi connectivity index (χ2v) is 6.64. The van der Waals surface area contributed by atoms with E-state index in [-0.39, 0.29) is 18.4 Å². The molecule has 3 rings (SSSR count). The Kier molecular flexibility index (Phi) is 7.02. The van der Waals surface area contributed by atoms with Crippen LogP contribution in [0.2, 0.25) is 0 Å². The van der Waals surface area contributed by atoms with Crippen LogP contribution in [0.3, 0.4) is 0 Å². The Labute approximate surface area is 172 Å². The summed E-state index contributed by atoms with van der Waals surface area (Å²) in [4.78, 5) is 8.31. The molecule has 0 radical (unpaired) electrons. The Balaban J connectivity index is 0.00000300. The average Bonchev–Trinajstić information content (AvgIpc) is 3.20. The van der Waals surface area contributed by atoms with E-state index in [4.69, 9.17) is 4.52 Å². The fraction of sp³-hybridized carbons (Fsp3) is 0.444. The van der Waals surface area contributed by atoms with Crippen LogP contribution in [0.4, 0.5) is 13.2 Å². The number of likely N-dealkylation sites (N-methyl/N-ethyl adjacent to an activating group) is 1. The van der Waals surface area contributed by atoms with Crippen molar-refractivity contribution in [2.24, 2.45) is 0 Å². The van der Waals surface area contributed by atoms with E-state index in [1.165, 1.54) is 10.7 Å². The SMILES string of the molecule is CNC(C)Cc1noc(Cc2c(C)nn(-c3ccc(C(F)(F)F)cn3)c2C)n1.Cl. The Morgan fingerprint density at radius 1 is 1.24 bits per heavy atom. The van der Waals surface area contributed by atoms with Crippen molar-refractivity contribution in [2.45, 2.75) is 45.8 Å². The predicted octanol–water partition coefficient (Wildman–Crippen LogP) is 3.45. The molecule has 0 bridgehead atoms. The highest BCUT2D eigenvalue weighted by Crippen LogP contribution is 2.29. The first kappa shape index (κ1) is 22.8. The molecular weight excluding hydrogens is 409 g/mol. The van der Waals surface area contributed by atoms with Gasteiger partial charge >= 0.3 is 6.18 Å². The molecule has 3 aromatic rings. The molecule has 1 unspecified atom stereocenters. The first-order chi connectivity index (χ1) is 13.2. The van der Waals surface area contributed by atoms with E-state index in [2.05, 4.69) is 25.5 Å². The lowest BCUT2D eigenvalue weighted by Crippen LogP contribution is -2.24. The predicted molar refractivity (Wildman–Crippen MR) is 102 cm³/mol. The zero-order valence-corrected chi connectivity index (χ0v) is 17.2. The highest BCUT2D eigenvalue weighted by molar-refractivity contribution is 5.85. The summed E-state index contributed by atoms with van der Waals surface area (Å²) in [6, 6.07) is 2.52. The minimum absolute atomic E-state index is 0. The summed E-state index contributed by atoms with van der Waals surface area (Å²) >= 11 is 0. The number of halogens is 4. The minimum atomic E-state index is -4.42. The van der Waals surface area contributed by atoms with Crippen LogP contribution in [0.15, 0.2) is 22.9 Å². The number of aryl methyl sites for hydroxylation is 1.